The van der Waals surface area contributed by atoms with Crippen molar-refractivity contribution in [3.8, 4) is 5.75 Å². The first-order valence-electron chi connectivity index (χ1n) is 12.4. The van der Waals surface area contributed by atoms with Crippen LogP contribution in [0.2, 0.25) is 0 Å². The van der Waals surface area contributed by atoms with Crippen molar-refractivity contribution in [1.82, 2.24) is 0 Å². The standard InChI is InChI=1S/C30H34O5/c1-17(2)7-8-19-13-20(9-10-23(19)31)25-16-24(32)22-14-21-15-26-28(5,6)35-29(27(21)33,12-11-18(3)4)30(22,26)34-25/h7,9-11,13-14,16,21,26,31H,8,12,15H2,1-6H3/t21-,26+,29+,30-/m1/s1. The lowest BCUT2D eigenvalue weighted by Gasteiger charge is -2.55. The maximum absolute atomic E-state index is 13.9. The Morgan fingerprint density at radius 2 is 1.83 bits per heavy atom. The highest BCUT2D eigenvalue weighted by Crippen LogP contribution is 2.67. The zero-order valence-electron chi connectivity index (χ0n) is 21.4. The summed E-state index contributed by atoms with van der Waals surface area (Å²) in [5, 5.41) is 10.4. The molecule has 1 aromatic rings. The number of aromatic hydroxyl groups is 1. The molecule has 1 aromatic carbocycles. The molecule has 5 heteroatoms. The number of phenolic OH excluding ortho intramolecular Hbond substituents is 1. The van der Waals surface area contributed by atoms with Crippen molar-refractivity contribution >= 4 is 17.3 Å². The highest BCUT2D eigenvalue weighted by atomic mass is 16.6. The molecule has 1 N–H and O–H groups in total. The van der Waals surface area contributed by atoms with Crippen molar-refractivity contribution in [2.75, 3.05) is 0 Å². The van der Waals surface area contributed by atoms with Gasteiger partial charge in [-0.2, -0.15) is 0 Å². The molecule has 2 aliphatic heterocycles. The van der Waals surface area contributed by atoms with Gasteiger partial charge in [0.2, 0.25) is 0 Å². The maximum Gasteiger partial charge on any atom is 0.189 e. The molecular formula is C30H34O5. The SMILES string of the molecule is CC(C)=CCc1cc(C2=CC(=O)C3=C[C@@H]4C[C@H]5C(C)(C)O[C@@](CC=C(C)C)(C4=O)[C@@]35O2)ccc1O. The predicted molar refractivity (Wildman–Crippen MR) is 135 cm³/mol. The zero-order chi connectivity index (χ0) is 25.3. The van der Waals surface area contributed by atoms with E-state index in [9.17, 15) is 14.7 Å². The van der Waals surface area contributed by atoms with Gasteiger partial charge in [0.25, 0.3) is 0 Å². The van der Waals surface area contributed by atoms with Gasteiger partial charge in [-0.25, -0.2) is 0 Å². The minimum absolute atomic E-state index is 0.00424. The molecule has 1 saturated heterocycles. The monoisotopic (exact) mass is 474 g/mol. The summed E-state index contributed by atoms with van der Waals surface area (Å²) in [6.45, 7) is 12.0. The molecule has 0 amide bonds. The van der Waals surface area contributed by atoms with Crippen LogP contribution in [0.25, 0.3) is 5.76 Å². The fourth-order valence-electron chi connectivity index (χ4n) is 6.46. The Hall–Kier alpha value is -2.92. The number of rotatable bonds is 5. The van der Waals surface area contributed by atoms with Gasteiger partial charge in [0.15, 0.2) is 22.8 Å². The van der Waals surface area contributed by atoms with Crippen LogP contribution in [0, 0.1) is 11.8 Å². The summed E-state index contributed by atoms with van der Waals surface area (Å²) >= 11 is 0. The first kappa shape index (κ1) is 23.8. The fraction of sp³-hybridized carbons (Fsp3) is 0.467. The van der Waals surface area contributed by atoms with Crippen LogP contribution in [0.5, 0.6) is 5.75 Å². The Morgan fingerprint density at radius 1 is 1.11 bits per heavy atom. The van der Waals surface area contributed by atoms with Crippen molar-refractivity contribution in [2.45, 2.75) is 77.6 Å². The number of benzene rings is 1. The largest absolute Gasteiger partial charge is 0.508 e. The molecule has 0 radical (unpaired) electrons. The van der Waals surface area contributed by atoms with E-state index in [2.05, 4.69) is 0 Å². The summed E-state index contributed by atoms with van der Waals surface area (Å²) in [5.41, 5.74) is 1.19. The van der Waals surface area contributed by atoms with Crippen molar-refractivity contribution in [3.63, 3.8) is 0 Å². The number of ketones is 2. The molecule has 2 heterocycles. The van der Waals surface area contributed by atoms with E-state index in [-0.39, 0.29) is 29.2 Å². The Labute approximate surface area is 207 Å². The van der Waals surface area contributed by atoms with E-state index < -0.39 is 16.8 Å². The molecule has 6 rings (SSSR count). The summed E-state index contributed by atoms with van der Waals surface area (Å²) in [4.78, 5) is 27.5. The predicted octanol–water partition coefficient (Wildman–Crippen LogP) is 5.63. The van der Waals surface area contributed by atoms with E-state index in [0.29, 0.717) is 36.2 Å². The van der Waals surface area contributed by atoms with E-state index in [1.54, 1.807) is 12.1 Å². The quantitative estimate of drug-likeness (QED) is 0.560. The zero-order valence-corrected chi connectivity index (χ0v) is 21.4. The third kappa shape index (κ3) is 3.31. The molecule has 5 aliphatic rings. The van der Waals surface area contributed by atoms with Crippen LogP contribution in [0.3, 0.4) is 0 Å². The van der Waals surface area contributed by atoms with Gasteiger partial charge in [-0.1, -0.05) is 29.4 Å². The topological polar surface area (TPSA) is 72.8 Å². The van der Waals surface area contributed by atoms with E-state index in [4.69, 9.17) is 9.47 Å². The van der Waals surface area contributed by atoms with E-state index in [1.165, 1.54) is 6.08 Å². The van der Waals surface area contributed by atoms with Crippen LogP contribution < -0.4 is 0 Å². The molecular weight excluding hydrogens is 440 g/mol. The van der Waals surface area contributed by atoms with Gasteiger partial charge in [-0.15, -0.1) is 0 Å². The molecule has 1 saturated carbocycles. The van der Waals surface area contributed by atoms with Gasteiger partial charge in [-0.3, -0.25) is 9.59 Å². The molecule has 5 nitrogen and oxygen atoms in total. The van der Waals surface area contributed by atoms with Crippen LogP contribution in [0.1, 0.15) is 65.5 Å². The van der Waals surface area contributed by atoms with Gasteiger partial charge in [0.1, 0.15) is 11.5 Å². The van der Waals surface area contributed by atoms with Gasteiger partial charge in [0, 0.05) is 35.5 Å². The molecule has 0 unspecified atom stereocenters. The molecule has 2 fully saturated rings. The number of carbonyl (C=O) groups is 2. The van der Waals surface area contributed by atoms with Crippen molar-refractivity contribution in [3.05, 3.63) is 70.3 Å². The molecule has 184 valence electrons. The summed E-state index contributed by atoms with van der Waals surface area (Å²) in [6, 6.07) is 5.27. The molecule has 3 aliphatic carbocycles. The number of ether oxygens (including phenoxy) is 2. The first-order valence-corrected chi connectivity index (χ1v) is 12.4. The summed E-state index contributed by atoms with van der Waals surface area (Å²) in [6.07, 6.45) is 8.97. The lowest BCUT2D eigenvalue weighted by atomic mass is 9.51. The molecule has 0 aromatic heterocycles. The molecule has 4 atom stereocenters. The summed E-state index contributed by atoms with van der Waals surface area (Å²) in [7, 11) is 0. The van der Waals surface area contributed by atoms with E-state index in [1.807, 2.05) is 65.8 Å². The number of allylic oxidation sites excluding steroid dienone is 5. The van der Waals surface area contributed by atoms with E-state index in [0.717, 1.165) is 16.7 Å². The maximum atomic E-state index is 13.9. The number of hydrogen-bond donors (Lipinski definition) is 1. The first-order chi connectivity index (χ1) is 16.4. The third-order valence-electron chi connectivity index (χ3n) is 8.05. The van der Waals surface area contributed by atoms with Gasteiger partial charge < -0.3 is 14.6 Å². The lowest BCUT2D eigenvalue weighted by Crippen LogP contribution is -2.70. The van der Waals surface area contributed by atoms with Crippen LogP contribution in [0.15, 0.2) is 59.2 Å². The van der Waals surface area contributed by atoms with E-state index >= 15 is 0 Å². The van der Waals surface area contributed by atoms with Gasteiger partial charge in [0.05, 0.1) is 5.60 Å². The third-order valence-corrected chi connectivity index (χ3v) is 8.05. The van der Waals surface area contributed by atoms with Crippen LogP contribution in [-0.2, 0) is 25.5 Å². The average Bonchev–Trinajstić information content (AvgIpc) is 2.94. The second kappa shape index (κ2) is 7.79. The van der Waals surface area contributed by atoms with Crippen molar-refractivity contribution in [1.29, 1.82) is 0 Å². The smallest absolute Gasteiger partial charge is 0.189 e. The average molecular weight is 475 g/mol. The molecule has 1 spiro atoms. The number of carbonyl (C=O) groups excluding carboxylic acids is 2. The highest BCUT2D eigenvalue weighted by molar-refractivity contribution is 6.14. The Morgan fingerprint density at radius 3 is 2.51 bits per heavy atom. The summed E-state index contributed by atoms with van der Waals surface area (Å²) in [5.74, 6) is 0.0198. The van der Waals surface area contributed by atoms with Crippen molar-refractivity contribution < 1.29 is 24.2 Å². The Kier molecular flexibility index (Phi) is 5.30. The minimum atomic E-state index is -1.25. The van der Waals surface area contributed by atoms with Gasteiger partial charge in [-0.05, 0) is 78.1 Å². The Balaban J connectivity index is 1.66. The second-order valence-corrected chi connectivity index (χ2v) is 11.4. The minimum Gasteiger partial charge on any atom is -0.508 e. The fourth-order valence-corrected chi connectivity index (χ4v) is 6.46. The number of Topliss-reactive ketones (excluding diaryl/α,β-unsaturated/α-hetero) is 1. The van der Waals surface area contributed by atoms with Gasteiger partial charge >= 0.3 is 0 Å². The summed E-state index contributed by atoms with van der Waals surface area (Å²) < 4.78 is 13.5. The highest BCUT2D eigenvalue weighted by Gasteiger charge is 2.80. The normalized spacial score (nSPS) is 31.8. The van der Waals surface area contributed by atoms with Crippen LogP contribution >= 0.6 is 0 Å². The molecule has 35 heavy (non-hydrogen) atoms. The number of hydrogen-bond acceptors (Lipinski definition) is 5. The van der Waals surface area contributed by atoms with Crippen molar-refractivity contribution in [2.24, 2.45) is 11.8 Å². The second-order valence-electron chi connectivity index (χ2n) is 11.4. The Bertz CT molecular complexity index is 1250. The van der Waals surface area contributed by atoms with Crippen LogP contribution in [0.4, 0.5) is 0 Å². The van der Waals surface area contributed by atoms with Crippen LogP contribution in [-0.4, -0.2) is 33.5 Å². The molecule has 4 bridgehead atoms. The number of phenols is 1. The lowest BCUT2D eigenvalue weighted by molar-refractivity contribution is -0.176.